The molecule has 0 rings (SSSR count). The Morgan fingerprint density at radius 2 is 1.38 bits per heavy atom. The summed E-state index contributed by atoms with van der Waals surface area (Å²) in [5.74, 6) is 1.59. The zero-order chi connectivity index (χ0) is 16.5. The van der Waals surface area contributed by atoms with E-state index in [9.17, 15) is 0 Å². The normalized spacial score (nSPS) is 14.4. The molecular weight excluding hydrogens is 256 g/mol. The number of rotatable bonds is 12. The predicted octanol–water partition coefficient (Wildman–Crippen LogP) is 4.79. The van der Waals surface area contributed by atoms with Crippen LogP contribution >= 0.6 is 0 Å². The van der Waals surface area contributed by atoms with Crippen LogP contribution in [-0.2, 0) is 0 Å². The zero-order valence-corrected chi connectivity index (χ0v) is 16.1. The Kier molecular flexibility index (Phi) is 10.6. The van der Waals surface area contributed by atoms with Crippen LogP contribution in [0.4, 0.5) is 0 Å². The van der Waals surface area contributed by atoms with E-state index in [1.807, 2.05) is 0 Å². The third-order valence-electron chi connectivity index (χ3n) is 4.55. The van der Waals surface area contributed by atoms with Gasteiger partial charge in [0.05, 0.1) is 0 Å². The molecule has 21 heavy (non-hydrogen) atoms. The van der Waals surface area contributed by atoms with Gasteiger partial charge in [0.2, 0.25) is 0 Å². The van der Waals surface area contributed by atoms with E-state index in [1.165, 1.54) is 38.9 Å². The Labute approximate surface area is 135 Å². The molecule has 0 amide bonds. The van der Waals surface area contributed by atoms with Crippen LogP contribution in [0.5, 0.6) is 0 Å². The van der Waals surface area contributed by atoms with Gasteiger partial charge in [-0.3, -0.25) is 0 Å². The molecule has 1 N–H and O–H groups in total. The average molecular weight is 299 g/mol. The van der Waals surface area contributed by atoms with Crippen molar-refractivity contribution in [3.8, 4) is 0 Å². The van der Waals surface area contributed by atoms with E-state index in [0.717, 1.165) is 18.4 Å². The lowest BCUT2D eigenvalue weighted by atomic mass is 9.84. The number of hydrogen-bond acceptors (Lipinski definition) is 2. The van der Waals surface area contributed by atoms with E-state index in [1.54, 1.807) is 0 Å². The molecule has 0 bridgehead atoms. The Balaban J connectivity index is 4.51. The van der Waals surface area contributed by atoms with Crippen molar-refractivity contribution in [2.45, 2.75) is 80.7 Å². The molecule has 1 unspecified atom stereocenters. The smallest absolute Gasteiger partial charge is 0.0102 e. The molecule has 0 saturated carbocycles. The number of hydrogen-bond donors (Lipinski definition) is 1. The third kappa shape index (κ3) is 10.3. The van der Waals surface area contributed by atoms with Crippen LogP contribution in [0.3, 0.4) is 0 Å². The summed E-state index contributed by atoms with van der Waals surface area (Å²) in [4.78, 5) is 2.70. The van der Waals surface area contributed by atoms with Crippen molar-refractivity contribution in [1.82, 2.24) is 10.2 Å². The van der Waals surface area contributed by atoms with Crippen molar-refractivity contribution >= 4 is 0 Å². The van der Waals surface area contributed by atoms with E-state index in [4.69, 9.17) is 0 Å². The summed E-state index contributed by atoms with van der Waals surface area (Å²) in [5, 5.41) is 3.68. The fourth-order valence-corrected chi connectivity index (χ4v) is 2.50. The highest BCUT2D eigenvalue weighted by Crippen LogP contribution is 2.23. The van der Waals surface area contributed by atoms with Gasteiger partial charge in [0.25, 0.3) is 0 Å². The highest BCUT2D eigenvalue weighted by atomic mass is 15.1. The average Bonchev–Trinajstić information content (AvgIpc) is 2.38. The molecule has 0 aromatic carbocycles. The summed E-state index contributed by atoms with van der Waals surface area (Å²) < 4.78 is 0. The molecule has 2 heteroatoms. The van der Waals surface area contributed by atoms with Crippen molar-refractivity contribution in [2.75, 3.05) is 26.2 Å². The maximum absolute atomic E-state index is 3.68. The molecule has 0 fully saturated rings. The Morgan fingerprint density at radius 3 is 1.76 bits per heavy atom. The minimum absolute atomic E-state index is 0.323. The van der Waals surface area contributed by atoms with Gasteiger partial charge in [-0.2, -0.15) is 0 Å². The second-order valence-electron chi connectivity index (χ2n) is 8.31. The third-order valence-corrected chi connectivity index (χ3v) is 4.55. The van der Waals surface area contributed by atoms with E-state index >= 15 is 0 Å². The molecule has 0 aliphatic rings. The van der Waals surface area contributed by atoms with Crippen molar-refractivity contribution in [3.63, 3.8) is 0 Å². The summed E-state index contributed by atoms with van der Waals surface area (Å²) in [7, 11) is 0. The summed E-state index contributed by atoms with van der Waals surface area (Å²) >= 11 is 0. The van der Waals surface area contributed by atoms with Crippen LogP contribution < -0.4 is 5.32 Å². The molecule has 0 spiro atoms. The van der Waals surface area contributed by atoms with E-state index in [0.29, 0.717) is 11.5 Å². The number of nitrogens with zero attached hydrogens (tertiary/aromatic N) is 1. The van der Waals surface area contributed by atoms with Gasteiger partial charge in [-0.05, 0) is 63.1 Å². The second kappa shape index (κ2) is 10.6. The van der Waals surface area contributed by atoms with Crippen molar-refractivity contribution in [1.29, 1.82) is 0 Å². The fourth-order valence-electron chi connectivity index (χ4n) is 2.50. The van der Waals surface area contributed by atoms with Gasteiger partial charge in [-0.15, -0.1) is 0 Å². The lowest BCUT2D eigenvalue weighted by Gasteiger charge is -2.38. The molecule has 128 valence electrons. The molecule has 0 aromatic rings. The molecule has 0 aliphatic carbocycles. The molecule has 1 atom stereocenters. The SMILES string of the molecule is CCCNC(C)C(C)(C)CN(CCC(C)C)CCC(C)C. The van der Waals surface area contributed by atoms with Crippen molar-refractivity contribution in [3.05, 3.63) is 0 Å². The summed E-state index contributed by atoms with van der Waals surface area (Å²) in [6.07, 6.45) is 3.83. The molecule has 0 heterocycles. The molecule has 2 nitrogen and oxygen atoms in total. The lowest BCUT2D eigenvalue weighted by molar-refractivity contribution is 0.133. The van der Waals surface area contributed by atoms with E-state index in [2.05, 4.69) is 65.6 Å². The van der Waals surface area contributed by atoms with Gasteiger partial charge in [-0.1, -0.05) is 48.5 Å². The van der Waals surface area contributed by atoms with E-state index < -0.39 is 0 Å². The van der Waals surface area contributed by atoms with Crippen LogP contribution in [0, 0.1) is 17.3 Å². The van der Waals surface area contributed by atoms with Gasteiger partial charge in [0, 0.05) is 12.6 Å². The quantitative estimate of drug-likeness (QED) is 0.557. The topological polar surface area (TPSA) is 15.3 Å². The first-order valence-electron chi connectivity index (χ1n) is 9.14. The van der Waals surface area contributed by atoms with Crippen molar-refractivity contribution < 1.29 is 0 Å². The highest BCUT2D eigenvalue weighted by Gasteiger charge is 2.27. The largest absolute Gasteiger partial charge is 0.314 e. The molecule has 0 aromatic heterocycles. The first-order chi connectivity index (χ1) is 9.69. The van der Waals surface area contributed by atoms with Crippen LogP contribution in [0.25, 0.3) is 0 Å². The summed E-state index contributed by atoms with van der Waals surface area (Å²) in [6.45, 7) is 23.6. The van der Waals surface area contributed by atoms with Gasteiger partial charge in [-0.25, -0.2) is 0 Å². The second-order valence-corrected chi connectivity index (χ2v) is 8.31. The Hall–Kier alpha value is -0.0800. The highest BCUT2D eigenvalue weighted by molar-refractivity contribution is 4.84. The van der Waals surface area contributed by atoms with Gasteiger partial charge in [0.1, 0.15) is 0 Å². The lowest BCUT2D eigenvalue weighted by Crippen LogP contribution is -2.47. The zero-order valence-electron chi connectivity index (χ0n) is 16.1. The molecule has 0 aliphatic heterocycles. The monoisotopic (exact) mass is 298 g/mol. The van der Waals surface area contributed by atoms with Crippen molar-refractivity contribution in [2.24, 2.45) is 17.3 Å². The van der Waals surface area contributed by atoms with Crippen LogP contribution in [0.15, 0.2) is 0 Å². The Morgan fingerprint density at radius 1 is 0.905 bits per heavy atom. The first-order valence-corrected chi connectivity index (χ1v) is 9.14. The van der Waals surface area contributed by atoms with Gasteiger partial charge in [0.15, 0.2) is 0 Å². The van der Waals surface area contributed by atoms with Crippen LogP contribution in [0.2, 0.25) is 0 Å². The van der Waals surface area contributed by atoms with Crippen LogP contribution in [-0.4, -0.2) is 37.1 Å². The Bertz CT molecular complexity index is 234. The number of nitrogens with one attached hydrogen (secondary N) is 1. The fraction of sp³-hybridized carbons (Fsp3) is 1.00. The van der Waals surface area contributed by atoms with Gasteiger partial charge < -0.3 is 10.2 Å². The predicted molar refractivity (Wildman–Crippen MR) is 96.9 cm³/mol. The maximum atomic E-state index is 3.68. The van der Waals surface area contributed by atoms with Crippen LogP contribution in [0.1, 0.15) is 74.7 Å². The van der Waals surface area contributed by atoms with Gasteiger partial charge >= 0.3 is 0 Å². The van der Waals surface area contributed by atoms with E-state index in [-0.39, 0.29) is 0 Å². The summed E-state index contributed by atoms with van der Waals surface area (Å²) in [6, 6.07) is 0.568. The molecule has 0 saturated heterocycles. The summed E-state index contributed by atoms with van der Waals surface area (Å²) in [5.41, 5.74) is 0.323. The minimum Gasteiger partial charge on any atom is -0.314 e. The maximum Gasteiger partial charge on any atom is 0.0102 e. The minimum atomic E-state index is 0.323. The first kappa shape index (κ1) is 20.9. The standard InChI is InChI=1S/C19H42N2/c1-9-12-20-18(6)19(7,8)15-21(13-10-16(2)3)14-11-17(4)5/h16-18,20H,9-15H2,1-8H3. The molecular formula is C19H42N2. The molecule has 0 radical (unpaired) electrons.